The van der Waals surface area contributed by atoms with Crippen molar-refractivity contribution in [3.63, 3.8) is 0 Å². The summed E-state index contributed by atoms with van der Waals surface area (Å²) in [5, 5.41) is 36.1. The van der Waals surface area contributed by atoms with E-state index in [9.17, 15) is 20.1 Å². The van der Waals surface area contributed by atoms with Crippen LogP contribution in [0.2, 0.25) is 0 Å². The first-order chi connectivity index (χ1) is 24.1. The molecule has 0 atom stereocenters. The molecule has 0 saturated heterocycles. The molecular weight excluding hydrogens is 620 g/mol. The fourth-order valence-electron chi connectivity index (χ4n) is 6.59. The van der Waals surface area contributed by atoms with Crippen LogP contribution >= 0.6 is 0 Å². The number of phenolic OH excluding ortho intramolecular Hbond substituents is 1. The fourth-order valence-corrected chi connectivity index (χ4v) is 6.59. The first kappa shape index (κ1) is 32.2. The highest BCUT2D eigenvalue weighted by atomic mass is 16.3. The number of allylic oxidation sites excluding steroid dienone is 5. The summed E-state index contributed by atoms with van der Waals surface area (Å²) in [5.41, 5.74) is 9.40. The van der Waals surface area contributed by atoms with Gasteiger partial charge in [0.05, 0.1) is 6.08 Å². The highest BCUT2D eigenvalue weighted by molar-refractivity contribution is 6.40. The second kappa shape index (κ2) is 12.9. The van der Waals surface area contributed by atoms with E-state index in [2.05, 4.69) is 24.3 Å². The van der Waals surface area contributed by atoms with E-state index in [1.54, 1.807) is 36.4 Å². The molecule has 246 valence electrons. The number of Topliss-reactive ketones (excluding diaryl/α,β-unsaturated/α-hetero) is 1. The molecule has 0 saturated carbocycles. The molecule has 2 N–H and O–H groups in total. The average Bonchev–Trinajstić information content (AvgIpc) is 3.08. The molecule has 5 aromatic rings. The van der Waals surface area contributed by atoms with Gasteiger partial charge in [0.15, 0.2) is 5.78 Å². The van der Waals surface area contributed by atoms with E-state index in [-0.39, 0.29) is 33.8 Å². The zero-order valence-corrected chi connectivity index (χ0v) is 28.3. The van der Waals surface area contributed by atoms with E-state index >= 15 is 0 Å². The van der Waals surface area contributed by atoms with E-state index in [0.29, 0.717) is 11.4 Å². The number of aliphatic hydroxyl groups excluding tert-OH is 1. The number of hydrogen-bond acceptors (Lipinski definition) is 5. The molecule has 0 unspecified atom stereocenters. The molecule has 0 aliphatic heterocycles. The number of benzene rings is 5. The average molecular weight is 657 g/mol. The molecule has 0 fully saturated rings. The molecule has 5 aromatic carbocycles. The van der Waals surface area contributed by atoms with Gasteiger partial charge in [-0.05, 0) is 92.4 Å². The third-order valence-corrected chi connectivity index (χ3v) is 8.97. The lowest BCUT2D eigenvalue weighted by Crippen LogP contribution is -2.31. The van der Waals surface area contributed by atoms with Crippen LogP contribution in [0, 0.1) is 27.7 Å². The van der Waals surface area contributed by atoms with Crippen molar-refractivity contribution in [1.29, 1.82) is 0 Å². The number of aliphatic hydroxyl groups is 1. The van der Waals surface area contributed by atoms with E-state index in [0.717, 1.165) is 45.0 Å². The minimum atomic E-state index is -0.524. The maximum atomic E-state index is 13.6. The number of aryl methyl sites for hydroxylation is 4. The predicted octanol–water partition coefficient (Wildman–Crippen LogP) is 9.03. The van der Waals surface area contributed by atoms with Crippen LogP contribution < -0.4 is 14.6 Å². The van der Waals surface area contributed by atoms with Gasteiger partial charge in [0.2, 0.25) is 17.1 Å². The Balaban J connectivity index is 1.27. The number of nitrogens with zero attached hydrogens (tertiary/aromatic N) is 2. The highest BCUT2D eigenvalue weighted by Gasteiger charge is 2.34. The largest absolute Gasteiger partial charge is 0.871 e. The number of carbonyl (C=O) groups is 1. The zero-order chi connectivity index (χ0) is 35.1. The smallest absolute Gasteiger partial charge is 0.215 e. The van der Waals surface area contributed by atoms with Crippen LogP contribution in [0.3, 0.4) is 0 Å². The lowest BCUT2D eigenvalue weighted by Gasteiger charge is -2.33. The normalized spacial score (nSPS) is 15.6. The maximum Gasteiger partial charge on any atom is 0.215 e. The van der Waals surface area contributed by atoms with Gasteiger partial charge >= 0.3 is 0 Å². The first-order valence-electron chi connectivity index (χ1n) is 16.5. The van der Waals surface area contributed by atoms with Gasteiger partial charge in [-0.3, -0.25) is 4.79 Å². The minimum absolute atomic E-state index is 0.105. The van der Waals surface area contributed by atoms with Crippen molar-refractivity contribution in [3.05, 3.63) is 184 Å². The number of rotatable bonds is 6. The molecular formula is C44H36N2O4. The van der Waals surface area contributed by atoms with Crippen LogP contribution in [-0.2, 0) is 4.79 Å². The summed E-state index contributed by atoms with van der Waals surface area (Å²) in [6, 6.07) is 37.2. The molecule has 2 aliphatic carbocycles. The second-order valence-corrected chi connectivity index (χ2v) is 12.8. The Morgan fingerprint density at radius 1 is 0.600 bits per heavy atom. The van der Waals surface area contributed by atoms with Crippen LogP contribution in [-0.4, -0.2) is 21.7 Å². The predicted molar refractivity (Wildman–Crippen MR) is 200 cm³/mol. The van der Waals surface area contributed by atoms with E-state index < -0.39 is 11.5 Å². The lowest BCUT2D eigenvalue weighted by molar-refractivity contribution is -0.297. The number of ketones is 1. The van der Waals surface area contributed by atoms with Crippen molar-refractivity contribution in [3.8, 4) is 5.75 Å². The highest BCUT2D eigenvalue weighted by Crippen LogP contribution is 2.44. The van der Waals surface area contributed by atoms with E-state index in [1.165, 1.54) is 0 Å². The Bertz CT molecular complexity index is 2280. The standard InChI is InChI=1S/C44H36N2O4/c1-27-9-5-13-31(21-27)45(32-14-6-10-28(2)22-32)35-17-19-37(39(47)25-35)41-43(49)42(44(41)50)38-20-18-36(26-40(38)48)46(33-15-7-11-29(3)23-33)34-16-8-12-30(4)24-34/h5-26H,1-4H3,(H2,47,48,49,50). The summed E-state index contributed by atoms with van der Waals surface area (Å²) in [4.78, 5) is 15.6. The zero-order valence-electron chi connectivity index (χ0n) is 28.3. The van der Waals surface area contributed by atoms with Crippen LogP contribution in [0.1, 0.15) is 27.8 Å². The van der Waals surface area contributed by atoms with Crippen LogP contribution in [0.4, 0.5) is 28.4 Å². The minimum Gasteiger partial charge on any atom is -0.871 e. The molecule has 0 amide bonds. The van der Waals surface area contributed by atoms with Crippen molar-refractivity contribution in [2.45, 2.75) is 27.7 Å². The Labute approximate surface area is 291 Å². The van der Waals surface area contributed by atoms with Gasteiger partial charge in [-0.2, -0.15) is 4.58 Å². The van der Waals surface area contributed by atoms with Crippen molar-refractivity contribution in [1.82, 2.24) is 4.58 Å². The Morgan fingerprint density at radius 3 is 1.60 bits per heavy atom. The number of hydrogen-bond donors (Lipinski definition) is 2. The van der Waals surface area contributed by atoms with Gasteiger partial charge < -0.3 is 20.2 Å². The Kier molecular flexibility index (Phi) is 8.30. The second-order valence-electron chi connectivity index (χ2n) is 12.8. The maximum absolute atomic E-state index is 13.6. The summed E-state index contributed by atoms with van der Waals surface area (Å²) >= 11 is 0. The van der Waals surface area contributed by atoms with Gasteiger partial charge in [0, 0.05) is 75.8 Å². The van der Waals surface area contributed by atoms with Gasteiger partial charge in [-0.1, -0.05) is 54.3 Å². The number of anilines is 3. The fraction of sp³-hybridized carbons (Fsp3) is 0.0909. The third kappa shape index (κ3) is 5.92. The van der Waals surface area contributed by atoms with Gasteiger partial charge in [0.1, 0.15) is 11.5 Å². The summed E-state index contributed by atoms with van der Waals surface area (Å²) in [5.74, 6) is -1.42. The molecule has 50 heavy (non-hydrogen) atoms. The van der Waals surface area contributed by atoms with Crippen molar-refractivity contribution in [2.24, 2.45) is 0 Å². The number of phenols is 1. The number of carbonyl (C=O) groups excluding carboxylic acids is 1. The topological polar surface area (TPSA) is 86.8 Å². The Morgan fingerprint density at radius 2 is 1.12 bits per heavy atom. The molecule has 7 rings (SSSR count). The summed E-state index contributed by atoms with van der Waals surface area (Å²) < 4.78 is 2.02. The third-order valence-electron chi connectivity index (χ3n) is 8.97. The van der Waals surface area contributed by atoms with Gasteiger partial charge in [-0.25, -0.2) is 0 Å². The van der Waals surface area contributed by atoms with E-state index in [4.69, 9.17) is 0 Å². The quantitative estimate of drug-likeness (QED) is 0.141. The monoisotopic (exact) mass is 656 g/mol. The van der Waals surface area contributed by atoms with Gasteiger partial charge in [-0.15, -0.1) is 0 Å². The molecule has 0 radical (unpaired) electrons. The van der Waals surface area contributed by atoms with Gasteiger partial charge in [0.25, 0.3) is 0 Å². The van der Waals surface area contributed by atoms with Crippen LogP contribution in [0.5, 0.6) is 5.75 Å². The first-order valence-corrected chi connectivity index (χ1v) is 16.5. The van der Waals surface area contributed by atoms with E-state index in [1.807, 2.05) is 110 Å². The molecule has 0 heterocycles. The SMILES string of the molecule is Cc1cccc(N(c2cccc(C)c2)c2ccc(C3=C([O-])/C(=C4\C=CC(=[N+](c5cccc(C)c5)c5cccc(C)c5)C=C4O)C3=O)c(O)c2)c1. The number of aromatic hydroxyl groups is 1. The summed E-state index contributed by atoms with van der Waals surface area (Å²) in [6.07, 6.45) is 4.97. The van der Waals surface area contributed by atoms with Crippen LogP contribution in [0.25, 0.3) is 5.57 Å². The van der Waals surface area contributed by atoms with Crippen LogP contribution in [0.15, 0.2) is 156 Å². The molecule has 0 bridgehead atoms. The van der Waals surface area contributed by atoms with Crippen molar-refractivity contribution in [2.75, 3.05) is 4.90 Å². The Hall–Kier alpha value is -6.40. The molecule has 6 nitrogen and oxygen atoms in total. The molecule has 6 heteroatoms. The molecule has 0 aromatic heterocycles. The molecule has 2 aliphatic rings. The lowest BCUT2D eigenvalue weighted by atomic mass is 9.79. The van der Waals surface area contributed by atoms with Crippen molar-refractivity contribution < 1.29 is 20.1 Å². The summed E-state index contributed by atoms with van der Waals surface area (Å²) in [7, 11) is 0. The van der Waals surface area contributed by atoms with Crippen molar-refractivity contribution >= 4 is 45.5 Å². The molecule has 0 spiro atoms. The summed E-state index contributed by atoms with van der Waals surface area (Å²) in [6.45, 7) is 8.08.